The molecule has 1 aromatic carbocycles. The van der Waals surface area contributed by atoms with E-state index in [0.29, 0.717) is 24.4 Å². The van der Waals surface area contributed by atoms with Crippen molar-refractivity contribution in [2.24, 2.45) is 11.7 Å². The van der Waals surface area contributed by atoms with Gasteiger partial charge >= 0.3 is 0 Å². The second-order valence-corrected chi connectivity index (χ2v) is 6.14. The molecule has 0 amide bonds. The zero-order chi connectivity index (χ0) is 14.5. The first-order valence-corrected chi connectivity index (χ1v) is 7.61. The third kappa shape index (κ3) is 3.90. The van der Waals surface area contributed by atoms with Crippen molar-refractivity contribution < 1.29 is 4.79 Å². The van der Waals surface area contributed by atoms with Crippen molar-refractivity contribution in [1.29, 1.82) is 0 Å². The highest BCUT2D eigenvalue weighted by Crippen LogP contribution is 2.31. The van der Waals surface area contributed by atoms with Gasteiger partial charge < -0.3 is 5.73 Å². The van der Waals surface area contributed by atoms with E-state index in [2.05, 4.69) is 49.1 Å². The van der Waals surface area contributed by atoms with Gasteiger partial charge in [-0.15, -0.1) is 0 Å². The number of nitrogens with zero attached hydrogens (tertiary/aromatic N) is 1. The Hall–Kier alpha value is -1.19. The van der Waals surface area contributed by atoms with Crippen molar-refractivity contribution in [3.63, 3.8) is 0 Å². The van der Waals surface area contributed by atoms with Gasteiger partial charge in [0.25, 0.3) is 0 Å². The lowest BCUT2D eigenvalue weighted by Crippen LogP contribution is -2.46. The van der Waals surface area contributed by atoms with Crippen LogP contribution in [-0.4, -0.2) is 29.3 Å². The first kappa shape index (κ1) is 15.2. The van der Waals surface area contributed by atoms with Crippen molar-refractivity contribution in [2.75, 3.05) is 6.54 Å². The van der Waals surface area contributed by atoms with Crippen LogP contribution < -0.4 is 5.73 Å². The molecule has 1 heterocycles. The van der Waals surface area contributed by atoms with Crippen LogP contribution in [0.1, 0.15) is 38.7 Å². The van der Waals surface area contributed by atoms with Gasteiger partial charge in [-0.05, 0) is 38.2 Å². The van der Waals surface area contributed by atoms with Gasteiger partial charge in [-0.1, -0.05) is 30.3 Å². The molecule has 0 aliphatic carbocycles. The van der Waals surface area contributed by atoms with Crippen molar-refractivity contribution in [3.05, 3.63) is 35.9 Å². The molecule has 0 radical (unpaired) electrons. The summed E-state index contributed by atoms with van der Waals surface area (Å²) in [6.07, 6.45) is 2.86. The fraction of sp³-hybridized carbons (Fsp3) is 0.588. The first-order chi connectivity index (χ1) is 9.60. The number of hydrogen-bond donors (Lipinski definition) is 1. The molecule has 110 valence electrons. The number of carbonyl (C=O) groups is 1. The maximum absolute atomic E-state index is 11.5. The second kappa shape index (κ2) is 7.00. The van der Waals surface area contributed by atoms with Crippen LogP contribution >= 0.6 is 0 Å². The predicted octanol–water partition coefficient (Wildman–Crippen LogP) is 2.59. The second-order valence-electron chi connectivity index (χ2n) is 6.14. The molecule has 1 aliphatic heterocycles. The van der Waals surface area contributed by atoms with Crippen LogP contribution in [0.4, 0.5) is 0 Å². The molecule has 0 bridgehead atoms. The predicted molar refractivity (Wildman–Crippen MR) is 82.3 cm³/mol. The molecular formula is C17H26N2O. The summed E-state index contributed by atoms with van der Waals surface area (Å²) in [5.74, 6) is 0.703. The van der Waals surface area contributed by atoms with Crippen LogP contribution in [0.2, 0.25) is 0 Å². The smallest absolute Gasteiger partial charge is 0.146 e. The minimum absolute atomic E-state index is 0.187. The average molecular weight is 274 g/mol. The van der Waals surface area contributed by atoms with Gasteiger partial charge in [0.2, 0.25) is 0 Å². The molecule has 0 saturated carbocycles. The highest BCUT2D eigenvalue weighted by atomic mass is 16.1. The summed E-state index contributed by atoms with van der Waals surface area (Å²) in [5.41, 5.74) is 6.79. The van der Waals surface area contributed by atoms with Crippen molar-refractivity contribution in [2.45, 2.75) is 51.7 Å². The number of Topliss-reactive ketones (excluding diaryl/α,β-unsaturated/α-hetero) is 1. The lowest BCUT2D eigenvalue weighted by Gasteiger charge is -2.42. The highest BCUT2D eigenvalue weighted by molar-refractivity contribution is 5.80. The molecule has 20 heavy (non-hydrogen) atoms. The topological polar surface area (TPSA) is 46.3 Å². The van der Waals surface area contributed by atoms with Crippen LogP contribution in [0, 0.1) is 5.92 Å². The average Bonchev–Trinajstić information content (AvgIpc) is 2.44. The quantitative estimate of drug-likeness (QED) is 0.897. The fourth-order valence-corrected chi connectivity index (χ4v) is 3.44. The van der Waals surface area contributed by atoms with Gasteiger partial charge in [0, 0.05) is 25.0 Å². The Morgan fingerprint density at radius 3 is 2.35 bits per heavy atom. The van der Waals surface area contributed by atoms with E-state index < -0.39 is 0 Å². The maximum atomic E-state index is 11.5. The third-order valence-electron chi connectivity index (χ3n) is 4.43. The standard InChI is InChI=1S/C17H26N2O/c1-13-8-16(10-17(20)11-18)9-14(2)19(13)12-15-6-4-3-5-7-15/h3-7,13-14,16H,8-12,18H2,1-2H3/t13-,14+,16?. The molecule has 1 saturated heterocycles. The van der Waals surface area contributed by atoms with E-state index in [-0.39, 0.29) is 12.3 Å². The Kier molecular flexibility index (Phi) is 5.32. The molecule has 2 N–H and O–H groups in total. The summed E-state index contributed by atoms with van der Waals surface area (Å²) >= 11 is 0. The van der Waals surface area contributed by atoms with Crippen LogP contribution in [-0.2, 0) is 11.3 Å². The maximum Gasteiger partial charge on any atom is 0.146 e. The number of hydrogen-bond acceptors (Lipinski definition) is 3. The molecule has 1 unspecified atom stereocenters. The van der Waals surface area contributed by atoms with Gasteiger partial charge in [0.05, 0.1) is 6.54 Å². The number of nitrogens with two attached hydrogens (primary N) is 1. The Labute approximate surface area is 122 Å². The summed E-state index contributed by atoms with van der Waals surface area (Å²) in [7, 11) is 0. The summed E-state index contributed by atoms with van der Waals surface area (Å²) < 4.78 is 0. The largest absolute Gasteiger partial charge is 0.324 e. The van der Waals surface area contributed by atoms with Crippen LogP contribution in [0.25, 0.3) is 0 Å². The lowest BCUT2D eigenvalue weighted by molar-refractivity contribution is -0.119. The molecule has 0 aromatic heterocycles. The highest BCUT2D eigenvalue weighted by Gasteiger charge is 2.31. The van der Waals surface area contributed by atoms with Crippen LogP contribution in [0.15, 0.2) is 30.3 Å². The Morgan fingerprint density at radius 1 is 1.20 bits per heavy atom. The van der Waals surface area contributed by atoms with Gasteiger partial charge in [-0.2, -0.15) is 0 Å². The van der Waals surface area contributed by atoms with E-state index in [1.165, 1.54) is 5.56 Å². The van der Waals surface area contributed by atoms with Crippen molar-refractivity contribution in [1.82, 2.24) is 4.90 Å². The molecule has 3 heteroatoms. The summed E-state index contributed by atoms with van der Waals surface area (Å²) in [5, 5.41) is 0. The zero-order valence-corrected chi connectivity index (χ0v) is 12.6. The minimum atomic E-state index is 0.187. The third-order valence-corrected chi connectivity index (χ3v) is 4.43. The van der Waals surface area contributed by atoms with E-state index in [0.717, 1.165) is 19.4 Å². The molecule has 0 spiro atoms. The summed E-state index contributed by atoms with van der Waals surface area (Å²) in [6, 6.07) is 11.7. The molecular weight excluding hydrogens is 248 g/mol. The molecule has 1 aromatic rings. The normalized spacial score (nSPS) is 27.4. The molecule has 1 fully saturated rings. The van der Waals surface area contributed by atoms with Crippen molar-refractivity contribution >= 4 is 5.78 Å². The molecule has 3 nitrogen and oxygen atoms in total. The molecule has 3 atom stereocenters. The van der Waals surface area contributed by atoms with E-state index in [1.807, 2.05) is 0 Å². The number of likely N-dealkylation sites (tertiary alicyclic amines) is 1. The van der Waals surface area contributed by atoms with Crippen molar-refractivity contribution in [3.8, 4) is 0 Å². The Balaban J connectivity index is 1.95. The molecule has 2 rings (SSSR count). The number of carbonyl (C=O) groups excluding carboxylic acids is 1. The number of ketones is 1. The van der Waals surface area contributed by atoms with Crippen LogP contribution in [0.3, 0.4) is 0 Å². The summed E-state index contributed by atoms with van der Waals surface area (Å²) in [4.78, 5) is 14.1. The SMILES string of the molecule is C[C@@H]1CC(CC(=O)CN)C[C@H](C)N1Cc1ccccc1. The van der Waals surface area contributed by atoms with Gasteiger partial charge in [-0.25, -0.2) is 0 Å². The van der Waals surface area contributed by atoms with Crippen LogP contribution in [0.5, 0.6) is 0 Å². The van der Waals surface area contributed by atoms with E-state index in [1.54, 1.807) is 0 Å². The lowest BCUT2D eigenvalue weighted by atomic mass is 9.83. The first-order valence-electron chi connectivity index (χ1n) is 7.61. The van der Waals surface area contributed by atoms with E-state index >= 15 is 0 Å². The minimum Gasteiger partial charge on any atom is -0.324 e. The Morgan fingerprint density at radius 2 is 1.80 bits per heavy atom. The van der Waals surface area contributed by atoms with E-state index in [9.17, 15) is 4.79 Å². The number of rotatable bonds is 5. The summed E-state index contributed by atoms with van der Waals surface area (Å²) in [6.45, 7) is 5.74. The number of benzene rings is 1. The fourth-order valence-electron chi connectivity index (χ4n) is 3.44. The monoisotopic (exact) mass is 274 g/mol. The number of piperidine rings is 1. The zero-order valence-electron chi connectivity index (χ0n) is 12.6. The molecule has 1 aliphatic rings. The van der Waals surface area contributed by atoms with Gasteiger partial charge in [0.1, 0.15) is 5.78 Å². The van der Waals surface area contributed by atoms with Gasteiger partial charge in [0.15, 0.2) is 0 Å². The Bertz CT molecular complexity index is 420. The van der Waals surface area contributed by atoms with Gasteiger partial charge in [-0.3, -0.25) is 9.69 Å². The van der Waals surface area contributed by atoms with E-state index in [4.69, 9.17) is 5.73 Å².